The van der Waals surface area contributed by atoms with Gasteiger partial charge in [0.25, 0.3) is 0 Å². The predicted octanol–water partition coefficient (Wildman–Crippen LogP) is 3.28. The molecule has 0 unspecified atom stereocenters. The van der Waals surface area contributed by atoms with Crippen molar-refractivity contribution in [3.63, 3.8) is 0 Å². The highest BCUT2D eigenvalue weighted by Crippen LogP contribution is 2.43. The van der Waals surface area contributed by atoms with Crippen LogP contribution in [0.1, 0.15) is 11.1 Å². The van der Waals surface area contributed by atoms with Crippen molar-refractivity contribution in [3.05, 3.63) is 59.7 Å². The van der Waals surface area contributed by atoms with Crippen LogP contribution in [0.25, 0.3) is 11.1 Å². The van der Waals surface area contributed by atoms with Crippen LogP contribution in [0.3, 0.4) is 0 Å². The van der Waals surface area contributed by atoms with E-state index in [-0.39, 0.29) is 0 Å². The number of para-hydroxylation sites is 2. The fourth-order valence-corrected chi connectivity index (χ4v) is 3.21. The normalized spacial score (nSPS) is 16.8. The van der Waals surface area contributed by atoms with E-state index in [1.165, 1.54) is 33.6 Å². The third kappa shape index (κ3) is 1.47. The summed E-state index contributed by atoms with van der Waals surface area (Å²) in [6.07, 6.45) is 0. The second kappa shape index (κ2) is 3.97. The Balaban J connectivity index is 2.09. The number of rotatable bonds is 0. The molecule has 2 heteroatoms. The molecule has 0 aliphatic carbocycles. The van der Waals surface area contributed by atoms with Crippen LogP contribution in [-0.2, 0) is 0 Å². The van der Waals surface area contributed by atoms with Crippen molar-refractivity contribution >= 4 is 22.5 Å². The maximum Gasteiger partial charge on any atom is 0.0485 e. The van der Waals surface area contributed by atoms with E-state index in [0.717, 1.165) is 13.1 Å². The molecular formula is C17H16N2. The van der Waals surface area contributed by atoms with Crippen LogP contribution in [0.4, 0.5) is 11.4 Å². The van der Waals surface area contributed by atoms with Gasteiger partial charge in [-0.05, 0) is 23.3 Å². The van der Waals surface area contributed by atoms with Crippen molar-refractivity contribution in [2.75, 3.05) is 25.0 Å². The van der Waals surface area contributed by atoms with Crippen LogP contribution in [0.5, 0.6) is 0 Å². The molecule has 0 saturated carbocycles. The van der Waals surface area contributed by atoms with Crippen LogP contribution in [-0.4, -0.2) is 20.1 Å². The van der Waals surface area contributed by atoms with Crippen molar-refractivity contribution < 1.29 is 0 Å². The Morgan fingerprint density at radius 1 is 0.789 bits per heavy atom. The Morgan fingerprint density at radius 3 is 1.79 bits per heavy atom. The SMILES string of the molecule is CN1c2ccccc2C2=C(CNC2)c2ccccc21. The molecule has 0 radical (unpaired) electrons. The molecule has 0 aromatic heterocycles. The topological polar surface area (TPSA) is 15.3 Å². The molecule has 0 atom stereocenters. The van der Waals surface area contributed by atoms with E-state index in [2.05, 4.69) is 65.8 Å². The predicted molar refractivity (Wildman–Crippen MR) is 80.6 cm³/mol. The van der Waals surface area contributed by atoms with Gasteiger partial charge in [0, 0.05) is 42.6 Å². The molecule has 0 amide bonds. The molecule has 94 valence electrons. The number of nitrogens with zero attached hydrogens (tertiary/aromatic N) is 1. The second-order valence-corrected chi connectivity index (χ2v) is 5.15. The summed E-state index contributed by atoms with van der Waals surface area (Å²) >= 11 is 0. The first-order valence-corrected chi connectivity index (χ1v) is 6.71. The van der Waals surface area contributed by atoms with Crippen LogP contribution in [0.15, 0.2) is 48.5 Å². The summed E-state index contributed by atoms with van der Waals surface area (Å²) in [5, 5.41) is 3.50. The Morgan fingerprint density at radius 2 is 1.26 bits per heavy atom. The Labute approximate surface area is 113 Å². The lowest BCUT2D eigenvalue weighted by Crippen LogP contribution is -2.15. The first-order chi connectivity index (χ1) is 9.36. The first-order valence-electron chi connectivity index (χ1n) is 6.71. The average Bonchev–Trinajstić information content (AvgIpc) is 2.92. The molecule has 0 saturated heterocycles. The van der Waals surface area contributed by atoms with Gasteiger partial charge >= 0.3 is 0 Å². The smallest absolute Gasteiger partial charge is 0.0485 e. The van der Waals surface area contributed by atoms with E-state index < -0.39 is 0 Å². The minimum atomic E-state index is 0.967. The zero-order valence-corrected chi connectivity index (χ0v) is 11.0. The Kier molecular flexibility index (Phi) is 2.26. The molecule has 2 aromatic rings. The van der Waals surface area contributed by atoms with Crippen molar-refractivity contribution in [1.29, 1.82) is 0 Å². The van der Waals surface area contributed by atoms with E-state index in [4.69, 9.17) is 0 Å². The maximum absolute atomic E-state index is 3.50. The molecule has 2 heterocycles. The molecule has 2 nitrogen and oxygen atoms in total. The van der Waals surface area contributed by atoms with Crippen LogP contribution in [0, 0.1) is 0 Å². The maximum atomic E-state index is 3.50. The van der Waals surface area contributed by atoms with Gasteiger partial charge < -0.3 is 10.2 Å². The molecule has 0 fully saturated rings. The van der Waals surface area contributed by atoms with Gasteiger partial charge in [-0.2, -0.15) is 0 Å². The van der Waals surface area contributed by atoms with Crippen molar-refractivity contribution in [2.45, 2.75) is 0 Å². The molecule has 0 bridgehead atoms. The highest BCUT2D eigenvalue weighted by molar-refractivity contribution is 6.03. The van der Waals surface area contributed by atoms with Gasteiger partial charge in [-0.1, -0.05) is 36.4 Å². The van der Waals surface area contributed by atoms with Crippen molar-refractivity contribution in [3.8, 4) is 0 Å². The first kappa shape index (κ1) is 10.8. The van der Waals surface area contributed by atoms with Crippen LogP contribution >= 0.6 is 0 Å². The highest BCUT2D eigenvalue weighted by Gasteiger charge is 2.26. The monoisotopic (exact) mass is 248 g/mol. The van der Waals surface area contributed by atoms with Gasteiger partial charge in [0.15, 0.2) is 0 Å². The molecule has 2 aliphatic heterocycles. The summed E-state index contributed by atoms with van der Waals surface area (Å²) in [6.45, 7) is 1.93. The van der Waals surface area contributed by atoms with Crippen LogP contribution < -0.4 is 10.2 Å². The molecule has 0 spiro atoms. The lowest BCUT2D eigenvalue weighted by molar-refractivity contribution is 0.901. The standard InChI is InChI=1S/C17H16N2/c1-19-16-8-4-2-6-12(16)14-10-18-11-15(14)13-7-3-5-9-17(13)19/h2-9,18H,10-11H2,1H3. The average molecular weight is 248 g/mol. The van der Waals surface area contributed by atoms with E-state index in [1.54, 1.807) is 0 Å². The summed E-state index contributed by atoms with van der Waals surface area (Å²) in [7, 11) is 2.16. The summed E-state index contributed by atoms with van der Waals surface area (Å²) in [5.74, 6) is 0. The van der Waals surface area contributed by atoms with Gasteiger partial charge in [-0.3, -0.25) is 0 Å². The number of benzene rings is 2. The summed E-state index contributed by atoms with van der Waals surface area (Å²) in [6, 6.07) is 17.4. The number of nitrogens with one attached hydrogen (secondary N) is 1. The fourth-order valence-electron chi connectivity index (χ4n) is 3.21. The quantitative estimate of drug-likeness (QED) is 0.769. The number of anilines is 2. The van der Waals surface area contributed by atoms with Gasteiger partial charge in [0.2, 0.25) is 0 Å². The summed E-state index contributed by atoms with van der Waals surface area (Å²) in [4.78, 5) is 2.31. The summed E-state index contributed by atoms with van der Waals surface area (Å²) in [5.41, 5.74) is 8.22. The minimum Gasteiger partial charge on any atom is -0.344 e. The lowest BCUT2D eigenvalue weighted by atomic mass is 9.97. The van der Waals surface area contributed by atoms with Gasteiger partial charge in [-0.15, -0.1) is 0 Å². The zero-order valence-electron chi connectivity index (χ0n) is 11.0. The van der Waals surface area contributed by atoms with Gasteiger partial charge in [-0.25, -0.2) is 0 Å². The van der Waals surface area contributed by atoms with Gasteiger partial charge in [0.05, 0.1) is 0 Å². The lowest BCUT2D eigenvalue weighted by Gasteiger charge is -2.23. The fraction of sp³-hybridized carbons (Fsp3) is 0.176. The number of fused-ring (bicyclic) bond motifs is 4. The largest absolute Gasteiger partial charge is 0.344 e. The molecule has 2 aromatic carbocycles. The van der Waals surface area contributed by atoms with E-state index in [0.29, 0.717) is 0 Å². The van der Waals surface area contributed by atoms with Crippen LogP contribution in [0.2, 0.25) is 0 Å². The third-order valence-electron chi connectivity index (χ3n) is 4.15. The van der Waals surface area contributed by atoms with Crippen molar-refractivity contribution in [2.24, 2.45) is 0 Å². The van der Waals surface area contributed by atoms with E-state index >= 15 is 0 Å². The summed E-state index contributed by atoms with van der Waals surface area (Å²) < 4.78 is 0. The molecule has 19 heavy (non-hydrogen) atoms. The Bertz CT molecular complexity index is 628. The second-order valence-electron chi connectivity index (χ2n) is 5.15. The van der Waals surface area contributed by atoms with E-state index in [9.17, 15) is 0 Å². The number of hydrogen-bond acceptors (Lipinski definition) is 2. The Hall–Kier alpha value is -2.06. The number of hydrogen-bond donors (Lipinski definition) is 1. The molecule has 4 rings (SSSR count). The van der Waals surface area contributed by atoms with E-state index in [1.807, 2.05) is 0 Å². The zero-order chi connectivity index (χ0) is 12.8. The van der Waals surface area contributed by atoms with Crippen molar-refractivity contribution in [1.82, 2.24) is 5.32 Å². The highest BCUT2D eigenvalue weighted by atomic mass is 15.1. The van der Waals surface area contributed by atoms with Gasteiger partial charge in [0.1, 0.15) is 0 Å². The molecule has 1 N–H and O–H groups in total. The molecule has 2 aliphatic rings. The minimum absolute atomic E-state index is 0.967. The molecular weight excluding hydrogens is 232 g/mol. The third-order valence-corrected chi connectivity index (χ3v) is 4.15.